The predicted octanol–water partition coefficient (Wildman–Crippen LogP) is 4.74. The normalized spacial score (nSPS) is 11.5. The summed E-state index contributed by atoms with van der Waals surface area (Å²) in [6.45, 7) is 0.166. The summed E-state index contributed by atoms with van der Waals surface area (Å²) in [5.74, 6) is -1.77. The molecule has 172 valence electrons. The predicted molar refractivity (Wildman–Crippen MR) is 124 cm³/mol. The lowest BCUT2D eigenvalue weighted by molar-refractivity contribution is 0.429. The van der Waals surface area contributed by atoms with Crippen LogP contribution in [0.4, 0.5) is 8.78 Å². The lowest BCUT2D eigenvalue weighted by Gasteiger charge is -2.13. The van der Waals surface area contributed by atoms with E-state index in [0.717, 1.165) is 12.1 Å². The smallest absolute Gasteiger partial charge is 0.278 e. The summed E-state index contributed by atoms with van der Waals surface area (Å²) < 4.78 is 35.8. The summed E-state index contributed by atoms with van der Waals surface area (Å²) in [4.78, 5) is 26.6. The van der Waals surface area contributed by atoms with Crippen LogP contribution in [0.2, 0.25) is 5.02 Å². The molecule has 0 N–H and O–H groups in total. The first-order chi connectivity index (χ1) is 17.0. The highest BCUT2D eigenvalue weighted by Gasteiger charge is 2.23. The van der Waals surface area contributed by atoms with Crippen molar-refractivity contribution in [1.82, 2.24) is 29.1 Å². The lowest BCUT2D eigenvalue weighted by atomic mass is 10.2. The van der Waals surface area contributed by atoms with E-state index in [0.29, 0.717) is 21.7 Å². The molecular formula is C24H13ClF2N6O2. The van der Waals surface area contributed by atoms with Gasteiger partial charge in [0.05, 0.1) is 33.9 Å². The Hall–Kier alpha value is -4.44. The minimum Gasteiger partial charge on any atom is -0.333 e. The SMILES string of the molecule is O=c1c2c(-c3noc(-c4ccc(F)cc4F)n3)ncn2c2cccc(Cl)c2n1Cc1ccccn1. The Labute approximate surface area is 200 Å². The number of halogens is 3. The summed E-state index contributed by atoms with van der Waals surface area (Å²) in [5.41, 5.74) is 1.67. The van der Waals surface area contributed by atoms with Gasteiger partial charge in [-0.2, -0.15) is 4.98 Å². The number of imidazole rings is 1. The second-order valence-corrected chi connectivity index (χ2v) is 8.09. The molecule has 35 heavy (non-hydrogen) atoms. The summed E-state index contributed by atoms with van der Waals surface area (Å²) in [7, 11) is 0. The Morgan fingerprint density at radius 1 is 1.00 bits per heavy atom. The van der Waals surface area contributed by atoms with Crippen molar-refractivity contribution in [2.24, 2.45) is 0 Å². The van der Waals surface area contributed by atoms with Gasteiger partial charge in [-0.05, 0) is 36.4 Å². The standard InChI is InChI=1S/C24H13ClF2N6O2/c25-16-5-3-6-18-20(16)32(11-14-4-1-2-9-28-14)24(34)21-19(29-12-33(18)21)22-30-23(35-31-22)15-8-7-13(26)10-17(15)27/h1-10,12H,11H2. The van der Waals surface area contributed by atoms with Gasteiger partial charge in [0, 0.05) is 12.3 Å². The maximum Gasteiger partial charge on any atom is 0.278 e. The molecule has 6 rings (SSSR count). The summed E-state index contributed by atoms with van der Waals surface area (Å²) >= 11 is 6.51. The highest BCUT2D eigenvalue weighted by molar-refractivity contribution is 6.35. The fourth-order valence-electron chi connectivity index (χ4n) is 3.99. The highest BCUT2D eigenvalue weighted by Crippen LogP contribution is 2.29. The van der Waals surface area contributed by atoms with Gasteiger partial charge in [-0.15, -0.1) is 0 Å². The van der Waals surface area contributed by atoms with Gasteiger partial charge in [0.1, 0.15) is 29.2 Å². The molecule has 0 atom stereocenters. The fourth-order valence-corrected chi connectivity index (χ4v) is 4.26. The Bertz CT molecular complexity index is 1800. The minimum absolute atomic E-state index is 0.0194. The first kappa shape index (κ1) is 21.1. The van der Waals surface area contributed by atoms with Crippen molar-refractivity contribution < 1.29 is 13.3 Å². The van der Waals surface area contributed by atoms with Crippen LogP contribution < -0.4 is 5.56 Å². The average Bonchev–Trinajstić information content (AvgIpc) is 3.50. The van der Waals surface area contributed by atoms with E-state index in [9.17, 15) is 13.6 Å². The van der Waals surface area contributed by atoms with Gasteiger partial charge in [-0.1, -0.05) is 28.9 Å². The molecule has 0 saturated heterocycles. The summed E-state index contributed by atoms with van der Waals surface area (Å²) in [5, 5.41) is 4.28. The average molecular weight is 491 g/mol. The van der Waals surface area contributed by atoms with Crippen molar-refractivity contribution in [2.75, 3.05) is 0 Å². The zero-order valence-electron chi connectivity index (χ0n) is 17.7. The minimum atomic E-state index is -0.853. The van der Waals surface area contributed by atoms with Crippen molar-refractivity contribution in [2.45, 2.75) is 6.54 Å². The number of para-hydroxylation sites is 1. The van der Waals surface area contributed by atoms with Crippen LogP contribution in [-0.4, -0.2) is 29.1 Å². The van der Waals surface area contributed by atoms with Crippen molar-refractivity contribution >= 4 is 28.2 Å². The van der Waals surface area contributed by atoms with Crippen molar-refractivity contribution in [3.05, 3.63) is 99.8 Å². The second kappa shape index (κ2) is 8.10. The van der Waals surface area contributed by atoms with E-state index in [4.69, 9.17) is 16.1 Å². The van der Waals surface area contributed by atoms with E-state index in [1.54, 1.807) is 34.9 Å². The van der Waals surface area contributed by atoms with Gasteiger partial charge in [-0.3, -0.25) is 18.7 Å². The molecule has 0 fully saturated rings. The molecular weight excluding hydrogens is 478 g/mol. The third-order valence-electron chi connectivity index (χ3n) is 5.56. The molecule has 0 amide bonds. The van der Waals surface area contributed by atoms with Crippen LogP contribution in [0.5, 0.6) is 0 Å². The largest absolute Gasteiger partial charge is 0.333 e. The maximum absolute atomic E-state index is 14.2. The number of hydrogen-bond acceptors (Lipinski definition) is 6. The Kier molecular flexibility index (Phi) is 4.89. The van der Waals surface area contributed by atoms with Crippen molar-refractivity contribution in [3.8, 4) is 23.0 Å². The number of pyridine rings is 1. The molecule has 2 aromatic carbocycles. The Morgan fingerprint density at radius 3 is 2.69 bits per heavy atom. The number of hydrogen-bond donors (Lipinski definition) is 0. The molecule has 11 heteroatoms. The monoisotopic (exact) mass is 490 g/mol. The van der Waals surface area contributed by atoms with E-state index in [1.807, 2.05) is 12.1 Å². The molecule has 0 aliphatic heterocycles. The van der Waals surface area contributed by atoms with Crippen LogP contribution in [0.3, 0.4) is 0 Å². The number of benzene rings is 2. The molecule has 4 aromatic heterocycles. The molecule has 0 aliphatic rings. The highest BCUT2D eigenvalue weighted by atomic mass is 35.5. The molecule has 0 bridgehead atoms. The maximum atomic E-state index is 14.2. The van der Waals surface area contributed by atoms with E-state index in [1.165, 1.54) is 17.0 Å². The number of fused-ring (bicyclic) bond motifs is 3. The third-order valence-corrected chi connectivity index (χ3v) is 5.86. The third kappa shape index (κ3) is 3.46. The van der Waals surface area contributed by atoms with Crippen LogP contribution in [-0.2, 0) is 6.54 Å². The molecule has 0 radical (unpaired) electrons. The number of aromatic nitrogens is 6. The van der Waals surface area contributed by atoms with Gasteiger partial charge in [0.2, 0.25) is 5.82 Å². The van der Waals surface area contributed by atoms with Crippen LogP contribution in [0.25, 0.3) is 39.5 Å². The van der Waals surface area contributed by atoms with Crippen LogP contribution in [0.1, 0.15) is 5.69 Å². The quantitative estimate of drug-likeness (QED) is 0.354. The molecule has 4 heterocycles. The number of nitrogens with zero attached hydrogens (tertiary/aromatic N) is 6. The van der Waals surface area contributed by atoms with Gasteiger partial charge in [0.25, 0.3) is 11.4 Å². The summed E-state index contributed by atoms with van der Waals surface area (Å²) in [6, 6.07) is 13.7. The molecule has 0 aliphatic carbocycles. The summed E-state index contributed by atoms with van der Waals surface area (Å²) in [6.07, 6.45) is 3.10. The molecule has 0 saturated carbocycles. The van der Waals surface area contributed by atoms with Crippen LogP contribution in [0.15, 0.2) is 76.4 Å². The zero-order valence-corrected chi connectivity index (χ0v) is 18.4. The van der Waals surface area contributed by atoms with Crippen LogP contribution in [0, 0.1) is 11.6 Å². The van der Waals surface area contributed by atoms with Crippen molar-refractivity contribution in [3.63, 3.8) is 0 Å². The lowest BCUT2D eigenvalue weighted by Crippen LogP contribution is -2.24. The number of rotatable bonds is 4. The van der Waals surface area contributed by atoms with Gasteiger partial charge in [0.15, 0.2) is 0 Å². The molecule has 0 spiro atoms. The van der Waals surface area contributed by atoms with Gasteiger partial charge in [-0.25, -0.2) is 13.8 Å². The Balaban J connectivity index is 1.58. The van der Waals surface area contributed by atoms with E-state index >= 15 is 0 Å². The van der Waals surface area contributed by atoms with E-state index in [2.05, 4.69) is 20.1 Å². The fraction of sp³-hybridized carbons (Fsp3) is 0.0417. The van der Waals surface area contributed by atoms with E-state index in [-0.39, 0.29) is 35.0 Å². The first-order valence-corrected chi connectivity index (χ1v) is 10.8. The molecule has 0 unspecified atom stereocenters. The zero-order chi connectivity index (χ0) is 24.1. The molecule has 6 aromatic rings. The second-order valence-electron chi connectivity index (χ2n) is 7.68. The van der Waals surface area contributed by atoms with Gasteiger partial charge < -0.3 is 4.52 Å². The molecule has 8 nitrogen and oxygen atoms in total. The van der Waals surface area contributed by atoms with E-state index < -0.39 is 17.2 Å². The Morgan fingerprint density at radius 2 is 1.89 bits per heavy atom. The topological polar surface area (TPSA) is 91.1 Å². The van der Waals surface area contributed by atoms with Crippen molar-refractivity contribution in [1.29, 1.82) is 0 Å². The van der Waals surface area contributed by atoms with Crippen LogP contribution >= 0.6 is 11.6 Å². The van der Waals surface area contributed by atoms with Gasteiger partial charge >= 0.3 is 0 Å². The first-order valence-electron chi connectivity index (χ1n) is 10.4.